The molecule has 28 heavy (non-hydrogen) atoms. The van der Waals surface area contributed by atoms with Crippen molar-refractivity contribution in [3.05, 3.63) is 65.7 Å². The van der Waals surface area contributed by atoms with E-state index in [1.165, 1.54) is 0 Å². The molecule has 2 amide bonds. The summed E-state index contributed by atoms with van der Waals surface area (Å²) >= 11 is 0. The second-order valence-electron chi connectivity index (χ2n) is 7.55. The minimum Gasteiger partial charge on any atom is -0.396 e. The molecule has 6 heteroatoms. The van der Waals surface area contributed by atoms with Gasteiger partial charge in [-0.15, -0.1) is 0 Å². The number of aliphatic hydroxyl groups is 1. The second-order valence-corrected chi connectivity index (χ2v) is 7.55. The zero-order valence-corrected chi connectivity index (χ0v) is 15.9. The monoisotopic (exact) mass is 381 g/mol. The summed E-state index contributed by atoms with van der Waals surface area (Å²) < 4.78 is 0. The zero-order chi connectivity index (χ0) is 20.0. The first-order valence-corrected chi connectivity index (χ1v) is 9.57. The molecule has 0 aliphatic carbocycles. The van der Waals surface area contributed by atoms with Gasteiger partial charge in [0.15, 0.2) is 0 Å². The molecule has 1 heterocycles. The predicted molar refractivity (Wildman–Crippen MR) is 109 cm³/mol. The Bertz CT molecular complexity index is 815. The standard InChI is InChI=1S/C22H27N3O3/c23-21(28)19-9-5-4-6-17(19)14-22(16-26)10-12-25(13-11-22)15-20(27)24-18-7-2-1-3-8-18/h1-9,26H,10-16H2,(H2,23,28)(H,24,27). The Morgan fingerprint density at radius 1 is 1.04 bits per heavy atom. The van der Waals surface area contributed by atoms with Crippen LogP contribution in [0.15, 0.2) is 54.6 Å². The van der Waals surface area contributed by atoms with E-state index in [0.717, 1.165) is 37.2 Å². The topological polar surface area (TPSA) is 95.7 Å². The maximum atomic E-state index is 12.3. The van der Waals surface area contributed by atoms with Crippen LogP contribution in [0.1, 0.15) is 28.8 Å². The average molecular weight is 381 g/mol. The highest BCUT2D eigenvalue weighted by Gasteiger charge is 2.35. The molecule has 148 valence electrons. The fraction of sp³-hybridized carbons (Fsp3) is 0.364. The molecule has 0 radical (unpaired) electrons. The maximum absolute atomic E-state index is 12.3. The summed E-state index contributed by atoms with van der Waals surface area (Å²) in [5.41, 5.74) is 7.37. The van der Waals surface area contributed by atoms with Crippen LogP contribution in [0, 0.1) is 5.41 Å². The maximum Gasteiger partial charge on any atom is 0.248 e. The zero-order valence-electron chi connectivity index (χ0n) is 15.9. The number of benzene rings is 2. The fourth-order valence-corrected chi connectivity index (χ4v) is 3.82. The van der Waals surface area contributed by atoms with Gasteiger partial charge in [-0.1, -0.05) is 36.4 Å². The molecule has 1 saturated heterocycles. The van der Waals surface area contributed by atoms with Crippen LogP contribution in [0.25, 0.3) is 0 Å². The molecule has 1 aliphatic rings. The van der Waals surface area contributed by atoms with E-state index in [0.29, 0.717) is 18.5 Å². The van der Waals surface area contributed by atoms with Gasteiger partial charge in [0.1, 0.15) is 0 Å². The van der Waals surface area contributed by atoms with Crippen LogP contribution in [0.2, 0.25) is 0 Å². The summed E-state index contributed by atoms with van der Waals surface area (Å²) in [4.78, 5) is 26.1. The van der Waals surface area contributed by atoms with E-state index < -0.39 is 5.91 Å². The lowest BCUT2D eigenvalue weighted by Gasteiger charge is -2.41. The number of para-hydroxylation sites is 1. The summed E-state index contributed by atoms with van der Waals surface area (Å²) in [5, 5.41) is 13.0. The van der Waals surface area contributed by atoms with E-state index in [4.69, 9.17) is 5.73 Å². The second kappa shape index (κ2) is 8.99. The van der Waals surface area contributed by atoms with Gasteiger partial charge in [0.25, 0.3) is 0 Å². The number of piperidine rings is 1. The van der Waals surface area contributed by atoms with Crippen molar-refractivity contribution < 1.29 is 14.7 Å². The molecule has 1 fully saturated rings. The van der Waals surface area contributed by atoms with Gasteiger partial charge in [-0.3, -0.25) is 14.5 Å². The Labute approximate surface area is 165 Å². The Balaban J connectivity index is 1.58. The quantitative estimate of drug-likeness (QED) is 0.684. The smallest absolute Gasteiger partial charge is 0.248 e. The Morgan fingerprint density at radius 3 is 2.32 bits per heavy atom. The predicted octanol–water partition coefficient (Wildman–Crippen LogP) is 2.04. The van der Waals surface area contributed by atoms with E-state index in [-0.39, 0.29) is 17.9 Å². The molecule has 0 unspecified atom stereocenters. The SMILES string of the molecule is NC(=O)c1ccccc1CC1(CO)CCN(CC(=O)Nc2ccccc2)CC1. The van der Waals surface area contributed by atoms with Gasteiger partial charge in [0.05, 0.1) is 6.54 Å². The number of carbonyl (C=O) groups excluding carboxylic acids is 2. The van der Waals surface area contributed by atoms with Gasteiger partial charge in [-0.2, -0.15) is 0 Å². The lowest BCUT2D eigenvalue weighted by atomic mass is 9.73. The summed E-state index contributed by atoms with van der Waals surface area (Å²) in [5.74, 6) is -0.486. The van der Waals surface area contributed by atoms with E-state index in [1.54, 1.807) is 12.1 Å². The lowest BCUT2D eigenvalue weighted by molar-refractivity contribution is -0.118. The Morgan fingerprint density at radius 2 is 1.68 bits per heavy atom. The number of carbonyl (C=O) groups is 2. The third kappa shape index (κ3) is 4.97. The van der Waals surface area contributed by atoms with Crippen molar-refractivity contribution in [3.63, 3.8) is 0 Å². The number of rotatable bonds is 7. The molecule has 0 aromatic heterocycles. The molecule has 0 atom stereocenters. The van der Waals surface area contributed by atoms with E-state index in [9.17, 15) is 14.7 Å². The molecule has 0 spiro atoms. The summed E-state index contributed by atoms with van der Waals surface area (Å²) in [7, 11) is 0. The molecule has 4 N–H and O–H groups in total. The normalized spacial score (nSPS) is 16.5. The molecule has 2 aromatic carbocycles. The molecule has 1 aliphatic heterocycles. The van der Waals surface area contributed by atoms with Gasteiger partial charge in [0.2, 0.25) is 11.8 Å². The number of primary amides is 1. The molecular formula is C22H27N3O3. The van der Waals surface area contributed by atoms with E-state index in [1.807, 2.05) is 42.5 Å². The average Bonchev–Trinajstić information content (AvgIpc) is 2.70. The number of hydrogen-bond acceptors (Lipinski definition) is 4. The van der Waals surface area contributed by atoms with Crippen LogP contribution >= 0.6 is 0 Å². The van der Waals surface area contributed by atoms with Crippen molar-refractivity contribution in [2.45, 2.75) is 19.3 Å². The third-order valence-corrected chi connectivity index (χ3v) is 5.53. The van der Waals surface area contributed by atoms with Crippen molar-refractivity contribution in [2.75, 3.05) is 31.6 Å². The summed E-state index contributed by atoms with van der Waals surface area (Å²) in [6.45, 7) is 1.82. The molecular weight excluding hydrogens is 354 g/mol. The number of likely N-dealkylation sites (tertiary alicyclic amines) is 1. The number of nitrogens with one attached hydrogen (secondary N) is 1. The number of amides is 2. The molecule has 3 rings (SSSR count). The third-order valence-electron chi connectivity index (χ3n) is 5.53. The van der Waals surface area contributed by atoms with Crippen LogP contribution in [-0.2, 0) is 11.2 Å². The minimum atomic E-state index is -0.446. The van der Waals surface area contributed by atoms with Gasteiger partial charge in [-0.25, -0.2) is 0 Å². The van der Waals surface area contributed by atoms with Crippen molar-refractivity contribution in [1.29, 1.82) is 0 Å². The van der Waals surface area contributed by atoms with Crippen LogP contribution < -0.4 is 11.1 Å². The first kappa shape index (κ1) is 20.0. The van der Waals surface area contributed by atoms with Crippen molar-refractivity contribution in [3.8, 4) is 0 Å². The largest absolute Gasteiger partial charge is 0.396 e. The van der Waals surface area contributed by atoms with E-state index >= 15 is 0 Å². The number of hydrogen-bond donors (Lipinski definition) is 3. The van der Waals surface area contributed by atoms with E-state index in [2.05, 4.69) is 10.2 Å². The molecule has 6 nitrogen and oxygen atoms in total. The van der Waals surface area contributed by atoms with Crippen LogP contribution in [0.3, 0.4) is 0 Å². The summed E-state index contributed by atoms with van der Waals surface area (Å²) in [6.07, 6.45) is 2.12. The number of nitrogens with zero attached hydrogens (tertiary/aromatic N) is 1. The van der Waals surface area contributed by atoms with Crippen molar-refractivity contribution in [2.24, 2.45) is 11.1 Å². The summed E-state index contributed by atoms with van der Waals surface area (Å²) in [6, 6.07) is 16.7. The van der Waals surface area contributed by atoms with Gasteiger partial charge in [0, 0.05) is 17.9 Å². The molecule has 0 bridgehead atoms. The number of aliphatic hydroxyl groups excluding tert-OH is 1. The van der Waals surface area contributed by atoms with Crippen LogP contribution in [0.4, 0.5) is 5.69 Å². The number of nitrogens with two attached hydrogens (primary N) is 1. The highest BCUT2D eigenvalue weighted by atomic mass is 16.3. The molecule has 0 saturated carbocycles. The first-order valence-electron chi connectivity index (χ1n) is 9.57. The first-order chi connectivity index (χ1) is 13.5. The van der Waals surface area contributed by atoms with Crippen LogP contribution in [-0.4, -0.2) is 48.1 Å². The van der Waals surface area contributed by atoms with Crippen molar-refractivity contribution in [1.82, 2.24) is 4.90 Å². The van der Waals surface area contributed by atoms with Gasteiger partial charge >= 0.3 is 0 Å². The number of anilines is 1. The van der Waals surface area contributed by atoms with Gasteiger partial charge < -0.3 is 16.2 Å². The minimum absolute atomic E-state index is 0.0400. The highest BCUT2D eigenvalue weighted by molar-refractivity contribution is 5.94. The molecule has 2 aromatic rings. The Kier molecular flexibility index (Phi) is 6.44. The highest BCUT2D eigenvalue weighted by Crippen LogP contribution is 2.35. The lowest BCUT2D eigenvalue weighted by Crippen LogP contribution is -2.45. The van der Waals surface area contributed by atoms with Crippen LogP contribution in [0.5, 0.6) is 0 Å². The van der Waals surface area contributed by atoms with Crippen molar-refractivity contribution >= 4 is 17.5 Å². The fourth-order valence-electron chi connectivity index (χ4n) is 3.82. The Hall–Kier alpha value is -2.70. The van der Waals surface area contributed by atoms with Gasteiger partial charge in [-0.05, 0) is 61.5 Å².